The minimum atomic E-state index is -0.147. The molecule has 14 heavy (non-hydrogen) atoms. The third-order valence-corrected chi connectivity index (χ3v) is 1.97. The first-order valence-corrected chi connectivity index (χ1v) is 4.81. The molecule has 1 N–H and O–H groups in total. The predicted molar refractivity (Wildman–Crippen MR) is 58.7 cm³/mol. The van der Waals surface area contributed by atoms with Crippen LogP contribution in [0.15, 0.2) is 30.5 Å². The lowest BCUT2D eigenvalue weighted by molar-refractivity contribution is 0.133. The Kier molecular flexibility index (Phi) is 1.99. The molecule has 0 atom stereocenters. The predicted octanol–water partition coefficient (Wildman–Crippen LogP) is 3.35. The number of hydrogen-bond acceptors (Lipinski definition) is 1. The van der Waals surface area contributed by atoms with Crippen molar-refractivity contribution in [3.8, 4) is 5.75 Å². The highest BCUT2D eigenvalue weighted by molar-refractivity contribution is 5.85. The van der Waals surface area contributed by atoms with Crippen molar-refractivity contribution in [2.45, 2.75) is 26.4 Å². The minimum Gasteiger partial charge on any atom is -0.487 e. The molecule has 1 aromatic carbocycles. The van der Waals surface area contributed by atoms with Crippen LogP contribution in [-0.2, 0) is 0 Å². The van der Waals surface area contributed by atoms with Gasteiger partial charge in [0.2, 0.25) is 0 Å². The Morgan fingerprint density at radius 1 is 1.14 bits per heavy atom. The third-order valence-electron chi connectivity index (χ3n) is 1.97. The number of nitrogens with one attached hydrogen (secondary N) is 1. The zero-order valence-electron chi connectivity index (χ0n) is 8.79. The molecule has 0 aliphatic heterocycles. The Hall–Kier alpha value is -1.44. The molecule has 2 rings (SSSR count). The van der Waals surface area contributed by atoms with Gasteiger partial charge in [-0.1, -0.05) is 6.07 Å². The summed E-state index contributed by atoms with van der Waals surface area (Å²) in [7, 11) is 0. The number of benzene rings is 1. The molecule has 2 nitrogen and oxygen atoms in total. The number of ether oxygens (including phenoxy) is 1. The molecular formula is C12H15NO. The number of hydrogen-bond donors (Lipinski definition) is 1. The molecule has 1 aromatic heterocycles. The normalized spacial score (nSPS) is 11.9. The monoisotopic (exact) mass is 189 g/mol. The van der Waals surface area contributed by atoms with E-state index in [0.717, 1.165) is 16.7 Å². The highest BCUT2D eigenvalue weighted by Crippen LogP contribution is 2.27. The van der Waals surface area contributed by atoms with Gasteiger partial charge in [0, 0.05) is 17.1 Å². The number of rotatable bonds is 1. The van der Waals surface area contributed by atoms with Crippen molar-refractivity contribution in [3.05, 3.63) is 30.5 Å². The van der Waals surface area contributed by atoms with Crippen molar-refractivity contribution >= 4 is 10.9 Å². The Bertz CT molecular complexity index is 437. The molecule has 2 aromatic rings. The molecule has 0 fully saturated rings. The molecule has 0 aliphatic rings. The van der Waals surface area contributed by atoms with E-state index in [1.165, 1.54) is 0 Å². The Morgan fingerprint density at radius 2 is 1.93 bits per heavy atom. The molecule has 0 unspecified atom stereocenters. The topological polar surface area (TPSA) is 25.0 Å². The van der Waals surface area contributed by atoms with E-state index in [-0.39, 0.29) is 5.60 Å². The van der Waals surface area contributed by atoms with E-state index in [2.05, 4.69) is 25.8 Å². The molecule has 0 saturated carbocycles. The van der Waals surface area contributed by atoms with Crippen LogP contribution in [0.3, 0.4) is 0 Å². The SMILES string of the molecule is CC(C)(C)Oc1cccc2[nH]ccc12. The van der Waals surface area contributed by atoms with Crippen molar-refractivity contribution < 1.29 is 4.74 Å². The Balaban J connectivity index is 2.46. The van der Waals surface area contributed by atoms with Crippen LogP contribution in [0.1, 0.15) is 20.8 Å². The number of aromatic nitrogens is 1. The summed E-state index contributed by atoms with van der Waals surface area (Å²) in [5.41, 5.74) is 0.970. The second-order valence-electron chi connectivity index (χ2n) is 4.41. The summed E-state index contributed by atoms with van der Waals surface area (Å²) >= 11 is 0. The molecule has 0 amide bonds. The van der Waals surface area contributed by atoms with Crippen molar-refractivity contribution in [3.63, 3.8) is 0 Å². The maximum absolute atomic E-state index is 5.85. The van der Waals surface area contributed by atoms with E-state index < -0.39 is 0 Å². The van der Waals surface area contributed by atoms with Crippen LogP contribution in [0.25, 0.3) is 10.9 Å². The van der Waals surface area contributed by atoms with E-state index in [9.17, 15) is 0 Å². The lowest BCUT2D eigenvalue weighted by Gasteiger charge is -2.21. The van der Waals surface area contributed by atoms with Crippen LogP contribution >= 0.6 is 0 Å². The van der Waals surface area contributed by atoms with Crippen molar-refractivity contribution in [2.75, 3.05) is 0 Å². The molecule has 1 heterocycles. The van der Waals surface area contributed by atoms with Gasteiger partial charge in [0.25, 0.3) is 0 Å². The zero-order chi connectivity index (χ0) is 10.2. The number of fused-ring (bicyclic) bond motifs is 1. The maximum atomic E-state index is 5.85. The fraction of sp³-hybridized carbons (Fsp3) is 0.333. The summed E-state index contributed by atoms with van der Waals surface area (Å²) in [6, 6.07) is 8.09. The first-order chi connectivity index (χ1) is 6.56. The molecule has 0 saturated heterocycles. The number of aromatic amines is 1. The third kappa shape index (κ3) is 1.74. The molecular weight excluding hydrogens is 174 g/mol. The van der Waals surface area contributed by atoms with Crippen LogP contribution in [0.4, 0.5) is 0 Å². The van der Waals surface area contributed by atoms with Crippen molar-refractivity contribution in [1.29, 1.82) is 0 Å². The standard InChI is InChI=1S/C12H15NO/c1-12(2,3)14-11-6-4-5-10-9(11)7-8-13-10/h4-8,13H,1-3H3. The first kappa shape index (κ1) is 9.13. The summed E-state index contributed by atoms with van der Waals surface area (Å²) in [6.45, 7) is 6.16. The van der Waals surface area contributed by atoms with Crippen LogP contribution in [0, 0.1) is 0 Å². The molecule has 2 heteroatoms. The summed E-state index contributed by atoms with van der Waals surface area (Å²) in [4.78, 5) is 3.17. The Labute approximate surface area is 83.9 Å². The minimum absolute atomic E-state index is 0.147. The van der Waals surface area contributed by atoms with Crippen LogP contribution in [0.5, 0.6) is 5.75 Å². The number of H-pyrrole nitrogens is 1. The van der Waals surface area contributed by atoms with Crippen LogP contribution in [-0.4, -0.2) is 10.6 Å². The summed E-state index contributed by atoms with van der Waals surface area (Å²) in [5.74, 6) is 0.941. The Morgan fingerprint density at radius 3 is 2.64 bits per heavy atom. The molecule has 0 aliphatic carbocycles. The highest BCUT2D eigenvalue weighted by Gasteiger charge is 2.13. The van der Waals surface area contributed by atoms with E-state index >= 15 is 0 Å². The zero-order valence-corrected chi connectivity index (χ0v) is 8.79. The largest absolute Gasteiger partial charge is 0.487 e. The van der Waals surface area contributed by atoms with Gasteiger partial charge in [-0.15, -0.1) is 0 Å². The first-order valence-electron chi connectivity index (χ1n) is 4.81. The van der Waals surface area contributed by atoms with Crippen molar-refractivity contribution in [1.82, 2.24) is 4.98 Å². The van der Waals surface area contributed by atoms with Crippen LogP contribution < -0.4 is 4.74 Å². The average Bonchev–Trinajstić information content (AvgIpc) is 2.49. The molecule has 0 radical (unpaired) electrons. The fourth-order valence-corrected chi connectivity index (χ4v) is 1.48. The van der Waals surface area contributed by atoms with Gasteiger partial charge in [-0.25, -0.2) is 0 Å². The fourth-order valence-electron chi connectivity index (χ4n) is 1.48. The summed E-state index contributed by atoms with van der Waals surface area (Å²) < 4.78 is 5.85. The molecule has 74 valence electrons. The smallest absolute Gasteiger partial charge is 0.129 e. The lowest BCUT2D eigenvalue weighted by Crippen LogP contribution is -2.22. The van der Waals surface area contributed by atoms with Gasteiger partial charge in [0.15, 0.2) is 0 Å². The molecule has 0 bridgehead atoms. The summed E-state index contributed by atoms with van der Waals surface area (Å²) in [6.07, 6.45) is 1.93. The summed E-state index contributed by atoms with van der Waals surface area (Å²) in [5, 5.41) is 1.14. The van der Waals surface area contributed by atoms with E-state index in [4.69, 9.17) is 4.74 Å². The lowest BCUT2D eigenvalue weighted by atomic mass is 10.1. The van der Waals surface area contributed by atoms with Gasteiger partial charge >= 0.3 is 0 Å². The highest BCUT2D eigenvalue weighted by atomic mass is 16.5. The van der Waals surface area contributed by atoms with Gasteiger partial charge < -0.3 is 9.72 Å². The molecule has 0 spiro atoms. The van der Waals surface area contributed by atoms with Crippen LogP contribution in [0.2, 0.25) is 0 Å². The van der Waals surface area contributed by atoms with Gasteiger partial charge in [-0.3, -0.25) is 0 Å². The van der Waals surface area contributed by atoms with E-state index in [0.29, 0.717) is 0 Å². The second kappa shape index (κ2) is 3.05. The van der Waals surface area contributed by atoms with E-state index in [1.54, 1.807) is 0 Å². The maximum Gasteiger partial charge on any atom is 0.129 e. The van der Waals surface area contributed by atoms with Gasteiger partial charge in [-0.05, 0) is 39.0 Å². The van der Waals surface area contributed by atoms with Gasteiger partial charge in [-0.2, -0.15) is 0 Å². The van der Waals surface area contributed by atoms with Crippen molar-refractivity contribution in [2.24, 2.45) is 0 Å². The van der Waals surface area contributed by atoms with E-state index in [1.807, 2.05) is 30.5 Å². The van der Waals surface area contributed by atoms with Gasteiger partial charge in [0.1, 0.15) is 11.4 Å². The quantitative estimate of drug-likeness (QED) is 0.731. The average molecular weight is 189 g/mol. The second-order valence-corrected chi connectivity index (χ2v) is 4.41. The van der Waals surface area contributed by atoms with Gasteiger partial charge in [0.05, 0.1) is 0 Å².